The van der Waals surface area contributed by atoms with Gasteiger partial charge in [0.1, 0.15) is 0 Å². The molecular weight excluding hydrogens is 358 g/mol. The smallest absolute Gasteiger partial charge is 0.299 e. The Labute approximate surface area is 160 Å². The number of amides is 2. The van der Waals surface area contributed by atoms with E-state index in [0.29, 0.717) is 17.2 Å². The van der Waals surface area contributed by atoms with Crippen LogP contribution in [-0.2, 0) is 4.79 Å². The van der Waals surface area contributed by atoms with Crippen molar-refractivity contribution in [2.75, 3.05) is 0 Å². The van der Waals surface area contributed by atoms with E-state index in [1.54, 1.807) is 18.2 Å². The number of carbonyl (C=O) groups is 2. The van der Waals surface area contributed by atoms with E-state index in [4.69, 9.17) is 8.94 Å². The Balaban J connectivity index is 1.40. The van der Waals surface area contributed by atoms with Crippen molar-refractivity contribution < 1.29 is 18.5 Å². The predicted molar refractivity (Wildman–Crippen MR) is 100 cm³/mol. The number of nitrogens with one attached hydrogen (secondary N) is 1. The highest BCUT2D eigenvalue weighted by Gasteiger charge is 2.33. The molecular formula is C21H17N3O4. The van der Waals surface area contributed by atoms with Crippen LogP contribution in [0.4, 0.5) is 0 Å². The fourth-order valence-corrected chi connectivity index (χ4v) is 3.91. The van der Waals surface area contributed by atoms with Gasteiger partial charge in [0, 0.05) is 23.3 Å². The zero-order valence-electron chi connectivity index (χ0n) is 15.0. The van der Waals surface area contributed by atoms with E-state index in [2.05, 4.69) is 15.5 Å². The minimum absolute atomic E-state index is 0.0298. The molecule has 0 aromatic carbocycles. The van der Waals surface area contributed by atoms with E-state index < -0.39 is 5.91 Å². The van der Waals surface area contributed by atoms with Crippen LogP contribution in [0.2, 0.25) is 0 Å². The minimum Gasteiger partial charge on any atom is -0.461 e. The molecule has 2 aliphatic carbocycles. The molecule has 3 heterocycles. The lowest BCUT2D eigenvalue weighted by Gasteiger charge is -2.33. The van der Waals surface area contributed by atoms with Crippen LogP contribution in [0.15, 0.2) is 73.5 Å². The molecule has 0 radical (unpaired) electrons. The summed E-state index contributed by atoms with van der Waals surface area (Å²) in [6.07, 6.45) is 11.0. The molecule has 1 aliphatic heterocycles. The van der Waals surface area contributed by atoms with Gasteiger partial charge < -0.3 is 14.3 Å². The maximum Gasteiger partial charge on any atom is 0.299 e. The zero-order chi connectivity index (χ0) is 19.1. The summed E-state index contributed by atoms with van der Waals surface area (Å²) in [4.78, 5) is 28.9. The highest BCUT2D eigenvalue weighted by Crippen LogP contribution is 2.38. The van der Waals surface area contributed by atoms with Crippen molar-refractivity contribution in [3.8, 4) is 11.5 Å². The Bertz CT molecular complexity index is 1080. The fourth-order valence-electron chi connectivity index (χ4n) is 3.91. The molecule has 2 aromatic heterocycles. The van der Waals surface area contributed by atoms with E-state index in [1.165, 1.54) is 17.9 Å². The van der Waals surface area contributed by atoms with E-state index in [-0.39, 0.29) is 17.5 Å². The first-order valence-electron chi connectivity index (χ1n) is 9.26. The van der Waals surface area contributed by atoms with Gasteiger partial charge in [0.2, 0.25) is 5.76 Å². The molecule has 1 unspecified atom stereocenters. The SMILES string of the molecule is O=C1NC2=CC(=NC(=O)c3cc(-c4ccco4)on3)C=CC2C2=C1CCCC2. The second kappa shape index (κ2) is 6.60. The van der Waals surface area contributed by atoms with Gasteiger partial charge in [-0.3, -0.25) is 9.59 Å². The Morgan fingerprint density at radius 3 is 3.00 bits per heavy atom. The number of fused-ring (bicyclic) bond motifs is 2. The summed E-state index contributed by atoms with van der Waals surface area (Å²) in [7, 11) is 0. The third kappa shape index (κ3) is 2.85. The molecule has 0 saturated heterocycles. The van der Waals surface area contributed by atoms with Crippen molar-refractivity contribution in [1.29, 1.82) is 0 Å². The molecule has 1 N–H and O–H groups in total. The number of allylic oxidation sites excluding steroid dienone is 3. The minimum atomic E-state index is -0.517. The fraction of sp³-hybridized carbons (Fsp3) is 0.238. The number of hydrogen-bond acceptors (Lipinski definition) is 5. The highest BCUT2D eigenvalue weighted by atomic mass is 16.5. The molecule has 2 amide bonds. The lowest BCUT2D eigenvalue weighted by molar-refractivity contribution is -0.117. The van der Waals surface area contributed by atoms with Gasteiger partial charge in [0.25, 0.3) is 11.8 Å². The van der Waals surface area contributed by atoms with E-state index in [9.17, 15) is 9.59 Å². The molecule has 0 saturated carbocycles. The Morgan fingerprint density at radius 2 is 2.14 bits per heavy atom. The summed E-state index contributed by atoms with van der Waals surface area (Å²) in [5.41, 5.74) is 3.46. The van der Waals surface area contributed by atoms with Gasteiger partial charge in [-0.15, -0.1) is 0 Å². The molecule has 2 aromatic rings. The maximum absolute atomic E-state index is 12.4. The van der Waals surface area contributed by atoms with Gasteiger partial charge in [0.05, 0.1) is 12.0 Å². The molecule has 7 nitrogen and oxygen atoms in total. The summed E-state index contributed by atoms with van der Waals surface area (Å²) >= 11 is 0. The van der Waals surface area contributed by atoms with Crippen molar-refractivity contribution in [3.63, 3.8) is 0 Å². The van der Waals surface area contributed by atoms with E-state index in [0.717, 1.165) is 37.0 Å². The van der Waals surface area contributed by atoms with Gasteiger partial charge >= 0.3 is 0 Å². The van der Waals surface area contributed by atoms with Crippen LogP contribution >= 0.6 is 0 Å². The summed E-state index contributed by atoms with van der Waals surface area (Å²) in [6.45, 7) is 0. The molecule has 0 bridgehead atoms. The predicted octanol–water partition coefficient (Wildman–Crippen LogP) is 3.59. The van der Waals surface area contributed by atoms with Crippen LogP contribution in [-0.4, -0.2) is 22.7 Å². The third-order valence-corrected chi connectivity index (χ3v) is 5.24. The second-order valence-electron chi connectivity index (χ2n) is 7.00. The van der Waals surface area contributed by atoms with Gasteiger partial charge in [-0.25, -0.2) is 4.99 Å². The summed E-state index contributed by atoms with van der Waals surface area (Å²) < 4.78 is 10.4. The van der Waals surface area contributed by atoms with Crippen molar-refractivity contribution in [2.24, 2.45) is 10.9 Å². The maximum atomic E-state index is 12.4. The quantitative estimate of drug-likeness (QED) is 0.865. The average Bonchev–Trinajstić information content (AvgIpc) is 3.40. The number of aromatic nitrogens is 1. The van der Waals surface area contributed by atoms with Gasteiger partial charge in [-0.05, 0) is 55.5 Å². The standard InChI is InChI=1S/C21H17N3O4/c25-20-15-5-2-1-4-13(15)14-8-7-12(10-16(14)23-20)22-21(26)17-11-19(28-24-17)18-6-3-9-27-18/h3,6-11,14H,1-2,4-5H2,(H,23,25). The zero-order valence-corrected chi connectivity index (χ0v) is 15.0. The molecule has 0 spiro atoms. The van der Waals surface area contributed by atoms with Crippen LogP contribution in [0.1, 0.15) is 36.2 Å². The van der Waals surface area contributed by atoms with E-state index in [1.807, 2.05) is 12.2 Å². The Kier molecular flexibility index (Phi) is 3.93. The summed E-state index contributed by atoms with van der Waals surface area (Å²) in [5, 5.41) is 6.73. The van der Waals surface area contributed by atoms with Crippen LogP contribution in [0.25, 0.3) is 11.5 Å². The number of nitrogens with zero attached hydrogens (tertiary/aromatic N) is 2. The second-order valence-corrected chi connectivity index (χ2v) is 7.00. The summed E-state index contributed by atoms with van der Waals surface area (Å²) in [5.74, 6) is 0.374. The van der Waals surface area contributed by atoms with Crippen LogP contribution in [0.5, 0.6) is 0 Å². The largest absolute Gasteiger partial charge is 0.461 e. The van der Waals surface area contributed by atoms with Crippen LogP contribution in [0.3, 0.4) is 0 Å². The number of carbonyl (C=O) groups excluding carboxylic acids is 2. The molecule has 5 rings (SSSR count). The third-order valence-electron chi connectivity index (χ3n) is 5.24. The Hall–Kier alpha value is -3.48. The average molecular weight is 375 g/mol. The molecule has 0 fully saturated rings. The topological polar surface area (TPSA) is 97.7 Å². The highest BCUT2D eigenvalue weighted by molar-refractivity contribution is 6.14. The number of rotatable bonds is 2. The number of aliphatic imine (C=N–C) groups is 1. The Morgan fingerprint density at radius 1 is 1.25 bits per heavy atom. The first-order valence-corrected chi connectivity index (χ1v) is 9.26. The molecule has 7 heteroatoms. The van der Waals surface area contributed by atoms with Gasteiger partial charge in [-0.1, -0.05) is 11.2 Å². The monoisotopic (exact) mass is 375 g/mol. The van der Waals surface area contributed by atoms with Crippen LogP contribution in [0, 0.1) is 5.92 Å². The van der Waals surface area contributed by atoms with Crippen molar-refractivity contribution in [2.45, 2.75) is 25.7 Å². The molecule has 28 heavy (non-hydrogen) atoms. The molecule has 3 aliphatic rings. The van der Waals surface area contributed by atoms with Crippen molar-refractivity contribution in [3.05, 3.63) is 65.2 Å². The van der Waals surface area contributed by atoms with Gasteiger partial charge in [-0.2, -0.15) is 0 Å². The van der Waals surface area contributed by atoms with Crippen molar-refractivity contribution >= 4 is 17.5 Å². The number of furan rings is 1. The lowest BCUT2D eigenvalue weighted by atomic mass is 9.77. The first-order chi connectivity index (χ1) is 13.7. The lowest BCUT2D eigenvalue weighted by Crippen LogP contribution is -2.37. The summed E-state index contributed by atoms with van der Waals surface area (Å²) in [6, 6.07) is 4.94. The van der Waals surface area contributed by atoms with Gasteiger partial charge in [0.15, 0.2) is 11.5 Å². The van der Waals surface area contributed by atoms with Crippen LogP contribution < -0.4 is 5.32 Å². The number of hydrogen-bond donors (Lipinski definition) is 1. The van der Waals surface area contributed by atoms with E-state index >= 15 is 0 Å². The molecule has 140 valence electrons. The molecule has 1 atom stereocenters. The van der Waals surface area contributed by atoms with Crippen molar-refractivity contribution in [1.82, 2.24) is 10.5 Å². The normalized spacial score (nSPS) is 22.6. The first kappa shape index (κ1) is 16.7.